The lowest BCUT2D eigenvalue weighted by Crippen LogP contribution is -2.21. The van der Waals surface area contributed by atoms with Crippen LogP contribution in [0, 0.1) is 0 Å². The van der Waals surface area contributed by atoms with Crippen molar-refractivity contribution >= 4 is 17.7 Å². The fourth-order valence-electron chi connectivity index (χ4n) is 0.337. The van der Waals surface area contributed by atoms with Crippen molar-refractivity contribution in [3.63, 3.8) is 0 Å². The molecule has 0 aromatic carbocycles. The standard InChI is InChI=1S/C3H9BNO4S/c1-5-2-4-3-9-10(6,7)8/h5H,2-3H2,1H3,(H,6,7,8). The quantitative estimate of drug-likeness (QED) is 0.300. The molecule has 0 spiro atoms. The molecule has 10 heavy (non-hydrogen) atoms. The van der Waals surface area contributed by atoms with Gasteiger partial charge < -0.3 is 5.32 Å². The molecule has 0 rings (SSSR count). The van der Waals surface area contributed by atoms with E-state index in [4.69, 9.17) is 4.55 Å². The maximum Gasteiger partial charge on any atom is 0.396 e. The Morgan fingerprint density at radius 1 is 1.70 bits per heavy atom. The molecular formula is C3H9BNO4S. The molecular weight excluding hydrogens is 157 g/mol. The van der Waals surface area contributed by atoms with E-state index in [0.29, 0.717) is 6.44 Å². The average Bonchev–Trinajstić information content (AvgIpc) is 1.78. The third-order valence-electron chi connectivity index (χ3n) is 0.683. The molecule has 0 heterocycles. The highest BCUT2D eigenvalue weighted by molar-refractivity contribution is 7.80. The van der Waals surface area contributed by atoms with E-state index in [1.165, 1.54) is 7.28 Å². The Labute approximate surface area is 61.0 Å². The zero-order valence-electron chi connectivity index (χ0n) is 5.57. The predicted octanol–water partition coefficient (Wildman–Crippen LogP) is -1.36. The molecule has 0 amide bonds. The molecule has 0 bridgehead atoms. The number of nitrogens with one attached hydrogen (secondary N) is 1. The molecule has 1 radical (unpaired) electrons. The zero-order valence-corrected chi connectivity index (χ0v) is 6.39. The minimum absolute atomic E-state index is 0.111. The third-order valence-corrected chi connectivity index (χ3v) is 1.12. The van der Waals surface area contributed by atoms with E-state index in [2.05, 4.69) is 9.50 Å². The van der Waals surface area contributed by atoms with Crippen molar-refractivity contribution in [2.45, 2.75) is 0 Å². The van der Waals surface area contributed by atoms with Crippen LogP contribution in [0.5, 0.6) is 0 Å². The smallest absolute Gasteiger partial charge is 0.328 e. The molecule has 0 aliphatic heterocycles. The second-order valence-electron chi connectivity index (χ2n) is 1.56. The lowest BCUT2D eigenvalue weighted by molar-refractivity contribution is 0.308. The summed E-state index contributed by atoms with van der Waals surface area (Å²) >= 11 is 0. The Morgan fingerprint density at radius 3 is 2.70 bits per heavy atom. The lowest BCUT2D eigenvalue weighted by atomic mass is 9.81. The van der Waals surface area contributed by atoms with Gasteiger partial charge in [0.05, 0.1) is 0 Å². The zero-order chi connectivity index (χ0) is 8.04. The van der Waals surface area contributed by atoms with Crippen LogP contribution in [0.1, 0.15) is 0 Å². The van der Waals surface area contributed by atoms with Gasteiger partial charge in [0.1, 0.15) is 0 Å². The molecule has 0 aliphatic rings. The van der Waals surface area contributed by atoms with Crippen molar-refractivity contribution in [2.75, 3.05) is 20.0 Å². The first-order chi connectivity index (χ1) is 4.56. The van der Waals surface area contributed by atoms with Gasteiger partial charge in [-0.05, 0) is 13.5 Å². The van der Waals surface area contributed by atoms with Gasteiger partial charge in [-0.25, -0.2) is 0 Å². The van der Waals surface area contributed by atoms with Gasteiger partial charge in [0.15, 0.2) is 7.28 Å². The summed E-state index contributed by atoms with van der Waals surface area (Å²) in [4.78, 5) is 0. The van der Waals surface area contributed by atoms with Crippen molar-refractivity contribution in [3.8, 4) is 0 Å². The molecule has 59 valence electrons. The topological polar surface area (TPSA) is 75.6 Å². The van der Waals surface area contributed by atoms with E-state index in [0.717, 1.165) is 0 Å². The van der Waals surface area contributed by atoms with E-state index in [9.17, 15) is 8.42 Å². The van der Waals surface area contributed by atoms with Gasteiger partial charge in [0, 0.05) is 6.51 Å². The average molecular weight is 166 g/mol. The van der Waals surface area contributed by atoms with Crippen molar-refractivity contribution in [2.24, 2.45) is 0 Å². The van der Waals surface area contributed by atoms with E-state index in [1.807, 2.05) is 0 Å². The molecule has 2 N–H and O–H groups in total. The summed E-state index contributed by atoms with van der Waals surface area (Å²) in [6.45, 7) is -0.111. The van der Waals surface area contributed by atoms with E-state index in [-0.39, 0.29) is 6.51 Å². The van der Waals surface area contributed by atoms with Crippen molar-refractivity contribution in [1.29, 1.82) is 0 Å². The third kappa shape index (κ3) is 7.89. The van der Waals surface area contributed by atoms with Crippen LogP contribution in [0.2, 0.25) is 0 Å². The summed E-state index contributed by atoms with van der Waals surface area (Å²) < 4.78 is 31.8. The molecule has 0 fully saturated rings. The number of hydrogen-bond donors (Lipinski definition) is 2. The SMILES string of the molecule is CNC[B]COS(=O)(=O)O. The minimum Gasteiger partial charge on any atom is -0.328 e. The van der Waals surface area contributed by atoms with Gasteiger partial charge in [0.25, 0.3) is 0 Å². The van der Waals surface area contributed by atoms with Gasteiger partial charge in [-0.2, -0.15) is 8.42 Å². The van der Waals surface area contributed by atoms with Crippen LogP contribution >= 0.6 is 0 Å². The first-order valence-corrected chi connectivity index (χ1v) is 4.01. The van der Waals surface area contributed by atoms with E-state index in [1.54, 1.807) is 7.05 Å². The normalized spacial score (nSPS) is 11.4. The summed E-state index contributed by atoms with van der Waals surface area (Å²) in [5, 5.41) is 2.74. The highest BCUT2D eigenvalue weighted by Crippen LogP contribution is 1.82. The summed E-state index contributed by atoms with van der Waals surface area (Å²) in [7, 11) is -1.02. The van der Waals surface area contributed by atoms with Crippen molar-refractivity contribution in [3.05, 3.63) is 0 Å². The van der Waals surface area contributed by atoms with Crippen molar-refractivity contribution < 1.29 is 17.2 Å². The molecule has 0 aromatic rings. The maximum absolute atomic E-state index is 9.89. The summed E-state index contributed by atoms with van der Waals surface area (Å²) in [5.41, 5.74) is 0. The Hall–Kier alpha value is -0.105. The fourth-order valence-corrected chi connectivity index (χ4v) is 0.606. The van der Waals surface area contributed by atoms with Crippen LogP contribution in [0.4, 0.5) is 0 Å². The molecule has 0 atom stereocenters. The predicted molar refractivity (Wildman–Crippen MR) is 37.2 cm³/mol. The van der Waals surface area contributed by atoms with Crippen LogP contribution in [0.3, 0.4) is 0 Å². The first-order valence-electron chi connectivity index (χ1n) is 2.64. The number of rotatable bonds is 5. The highest BCUT2D eigenvalue weighted by Gasteiger charge is 2.02. The van der Waals surface area contributed by atoms with Crippen LogP contribution < -0.4 is 5.32 Å². The largest absolute Gasteiger partial charge is 0.396 e. The molecule has 7 heteroatoms. The van der Waals surface area contributed by atoms with E-state index < -0.39 is 10.4 Å². The van der Waals surface area contributed by atoms with Gasteiger partial charge in [-0.3, -0.25) is 8.74 Å². The maximum atomic E-state index is 9.89. The summed E-state index contributed by atoms with van der Waals surface area (Å²) in [6.07, 6.45) is 0.537. The molecule has 0 aliphatic carbocycles. The fraction of sp³-hybridized carbons (Fsp3) is 1.00. The second kappa shape index (κ2) is 4.67. The Morgan fingerprint density at radius 2 is 2.30 bits per heavy atom. The summed E-state index contributed by atoms with van der Waals surface area (Å²) in [6, 6.07) is 0. The molecule has 0 saturated carbocycles. The van der Waals surface area contributed by atoms with Crippen LogP contribution in [0.25, 0.3) is 0 Å². The van der Waals surface area contributed by atoms with E-state index >= 15 is 0 Å². The minimum atomic E-state index is -4.26. The Kier molecular flexibility index (Phi) is 4.62. The van der Waals surface area contributed by atoms with Gasteiger partial charge >= 0.3 is 10.4 Å². The van der Waals surface area contributed by atoms with Gasteiger partial charge in [-0.15, -0.1) is 0 Å². The molecule has 0 aromatic heterocycles. The Bertz CT molecular complexity index is 167. The number of hydrogen-bond acceptors (Lipinski definition) is 4. The van der Waals surface area contributed by atoms with Gasteiger partial charge in [0.2, 0.25) is 0 Å². The van der Waals surface area contributed by atoms with Crippen LogP contribution in [-0.2, 0) is 14.6 Å². The monoisotopic (exact) mass is 166 g/mol. The molecule has 0 saturated heterocycles. The molecule has 0 unspecified atom stereocenters. The molecule has 5 nitrogen and oxygen atoms in total. The van der Waals surface area contributed by atoms with Gasteiger partial charge in [-0.1, -0.05) is 0 Å². The summed E-state index contributed by atoms with van der Waals surface area (Å²) in [5.74, 6) is 0. The van der Waals surface area contributed by atoms with Crippen molar-refractivity contribution in [1.82, 2.24) is 5.32 Å². The second-order valence-corrected chi connectivity index (χ2v) is 2.65. The highest BCUT2D eigenvalue weighted by atomic mass is 32.3. The van der Waals surface area contributed by atoms with Crippen LogP contribution in [0.15, 0.2) is 0 Å². The lowest BCUT2D eigenvalue weighted by Gasteiger charge is -1.96. The Balaban J connectivity index is 3.21. The first kappa shape index (κ1) is 9.89. The van der Waals surface area contributed by atoms with Crippen LogP contribution in [-0.4, -0.2) is 40.2 Å².